The van der Waals surface area contributed by atoms with Gasteiger partial charge < -0.3 is 5.32 Å². The first-order chi connectivity index (χ1) is 10.1. The van der Waals surface area contributed by atoms with E-state index in [0.29, 0.717) is 12.3 Å². The Labute approximate surface area is 131 Å². The first kappa shape index (κ1) is 16.0. The summed E-state index contributed by atoms with van der Waals surface area (Å²) in [5.74, 6) is 0.247. The number of carbonyl (C=O) groups is 1. The van der Waals surface area contributed by atoms with Gasteiger partial charge in [0.1, 0.15) is 5.03 Å². The van der Waals surface area contributed by atoms with Gasteiger partial charge in [0, 0.05) is 40.4 Å². The van der Waals surface area contributed by atoms with Gasteiger partial charge in [0.25, 0.3) is 0 Å². The van der Waals surface area contributed by atoms with Crippen LogP contribution < -0.4 is 5.32 Å². The Balaban J connectivity index is 1.93. The van der Waals surface area contributed by atoms with Crippen molar-refractivity contribution in [3.63, 3.8) is 0 Å². The predicted octanol–water partition coefficient (Wildman–Crippen LogP) is 2.21. The van der Waals surface area contributed by atoms with Crippen LogP contribution in [0.2, 0.25) is 0 Å². The molecule has 4 nitrogen and oxygen atoms in total. The van der Waals surface area contributed by atoms with Crippen molar-refractivity contribution >= 4 is 39.2 Å². The lowest BCUT2D eigenvalue weighted by molar-refractivity contribution is -0.118. The summed E-state index contributed by atoms with van der Waals surface area (Å²) in [6.45, 7) is 2.29. The topological polar surface area (TPSA) is 59.1 Å². The number of aromatic nitrogens is 1. The van der Waals surface area contributed by atoms with E-state index in [1.807, 2.05) is 37.3 Å². The monoisotopic (exact) mass is 322 g/mol. The van der Waals surface area contributed by atoms with Gasteiger partial charge in [-0.2, -0.15) is 0 Å². The number of thioether (sulfide) groups is 1. The first-order valence-corrected chi connectivity index (χ1v) is 9.24. The Hall–Kier alpha value is -1.40. The van der Waals surface area contributed by atoms with Crippen molar-refractivity contribution in [1.82, 2.24) is 10.3 Å². The Kier molecular flexibility index (Phi) is 5.76. The van der Waals surface area contributed by atoms with Gasteiger partial charge in [0.2, 0.25) is 5.91 Å². The zero-order valence-corrected chi connectivity index (χ0v) is 13.7. The molecule has 112 valence electrons. The van der Waals surface area contributed by atoms with Gasteiger partial charge in [0.05, 0.1) is 5.75 Å². The molecule has 1 aromatic heterocycles. The van der Waals surface area contributed by atoms with E-state index in [1.54, 1.807) is 12.5 Å². The van der Waals surface area contributed by atoms with E-state index in [9.17, 15) is 9.00 Å². The number of fused-ring (bicyclic) bond motifs is 1. The van der Waals surface area contributed by atoms with Crippen LogP contribution in [-0.4, -0.2) is 38.9 Å². The fourth-order valence-corrected chi connectivity index (χ4v) is 2.93. The van der Waals surface area contributed by atoms with Crippen LogP contribution >= 0.6 is 11.8 Å². The molecule has 1 aromatic carbocycles. The molecule has 0 spiro atoms. The number of hydrogen-bond acceptors (Lipinski definition) is 4. The summed E-state index contributed by atoms with van der Waals surface area (Å²) < 4.78 is 11.2. The van der Waals surface area contributed by atoms with Crippen molar-refractivity contribution in [2.24, 2.45) is 0 Å². The van der Waals surface area contributed by atoms with Crippen LogP contribution in [0.4, 0.5) is 0 Å². The summed E-state index contributed by atoms with van der Waals surface area (Å²) in [7, 11) is -0.919. The molecule has 0 aliphatic carbocycles. The van der Waals surface area contributed by atoms with Crippen molar-refractivity contribution in [2.45, 2.75) is 17.2 Å². The van der Waals surface area contributed by atoms with Gasteiger partial charge in [-0.1, -0.05) is 36.0 Å². The molecule has 2 rings (SSSR count). The number of carbonyl (C=O) groups excluding carboxylic acids is 1. The van der Waals surface area contributed by atoms with E-state index in [4.69, 9.17) is 0 Å². The molecule has 1 heterocycles. The van der Waals surface area contributed by atoms with E-state index in [1.165, 1.54) is 11.8 Å². The second kappa shape index (κ2) is 7.56. The van der Waals surface area contributed by atoms with Crippen LogP contribution in [-0.2, 0) is 15.6 Å². The summed E-state index contributed by atoms with van der Waals surface area (Å²) in [6, 6.07) is 9.93. The second-order valence-corrected chi connectivity index (χ2v) is 7.51. The summed E-state index contributed by atoms with van der Waals surface area (Å²) in [5, 5.41) is 5.80. The molecule has 1 amide bonds. The van der Waals surface area contributed by atoms with Gasteiger partial charge in [-0.25, -0.2) is 4.98 Å². The molecule has 0 bridgehead atoms. The Morgan fingerprint density at radius 3 is 2.90 bits per heavy atom. The summed E-state index contributed by atoms with van der Waals surface area (Å²) in [6.07, 6.45) is 3.40. The van der Waals surface area contributed by atoms with Crippen LogP contribution in [0.1, 0.15) is 6.92 Å². The molecule has 0 saturated carbocycles. The van der Waals surface area contributed by atoms with Crippen molar-refractivity contribution < 1.29 is 9.00 Å². The number of hydrogen-bond donors (Lipinski definition) is 1. The number of rotatable bonds is 6. The predicted molar refractivity (Wildman–Crippen MR) is 89.0 cm³/mol. The molecule has 6 heteroatoms. The normalized spacial score (nSPS) is 13.8. The van der Waals surface area contributed by atoms with Crippen molar-refractivity contribution in [1.29, 1.82) is 0 Å². The van der Waals surface area contributed by atoms with Crippen LogP contribution in [0.25, 0.3) is 10.8 Å². The molecule has 2 atom stereocenters. The quantitative estimate of drug-likeness (QED) is 0.829. The summed E-state index contributed by atoms with van der Waals surface area (Å²) in [4.78, 5) is 16.2. The van der Waals surface area contributed by atoms with Crippen LogP contribution in [0.5, 0.6) is 0 Å². The van der Waals surface area contributed by atoms with Crippen LogP contribution in [0.15, 0.2) is 41.6 Å². The minimum atomic E-state index is -0.919. The van der Waals surface area contributed by atoms with Gasteiger partial charge in [-0.3, -0.25) is 9.00 Å². The van der Waals surface area contributed by atoms with E-state index < -0.39 is 10.8 Å². The lowest BCUT2D eigenvalue weighted by atomic mass is 10.2. The Morgan fingerprint density at radius 2 is 2.14 bits per heavy atom. The van der Waals surface area contributed by atoms with E-state index >= 15 is 0 Å². The maximum atomic E-state index is 11.8. The average molecular weight is 322 g/mol. The largest absolute Gasteiger partial charge is 0.354 e. The van der Waals surface area contributed by atoms with Gasteiger partial charge >= 0.3 is 0 Å². The third kappa shape index (κ3) is 4.54. The second-order valence-electron chi connectivity index (χ2n) is 4.74. The maximum Gasteiger partial charge on any atom is 0.230 e. The molecule has 0 aliphatic rings. The zero-order valence-electron chi connectivity index (χ0n) is 12.0. The van der Waals surface area contributed by atoms with Crippen molar-refractivity contribution in [2.75, 3.05) is 18.6 Å². The third-order valence-corrected chi connectivity index (χ3v) is 5.44. The van der Waals surface area contributed by atoms with Gasteiger partial charge in [-0.05, 0) is 18.4 Å². The minimum absolute atomic E-state index is 0.0327. The lowest BCUT2D eigenvalue weighted by Crippen LogP contribution is -2.33. The van der Waals surface area contributed by atoms with Gasteiger partial charge in [-0.15, -0.1) is 0 Å². The van der Waals surface area contributed by atoms with E-state index in [2.05, 4.69) is 10.3 Å². The van der Waals surface area contributed by atoms with Crippen molar-refractivity contribution in [3.05, 3.63) is 36.5 Å². The number of nitrogens with zero attached hydrogens (tertiary/aromatic N) is 1. The molecule has 0 radical (unpaired) electrons. The molecule has 1 N–H and O–H groups in total. The highest BCUT2D eigenvalue weighted by molar-refractivity contribution is 8.00. The molecule has 0 saturated heterocycles. The lowest BCUT2D eigenvalue weighted by Gasteiger charge is -2.10. The molecule has 21 heavy (non-hydrogen) atoms. The number of pyridine rings is 1. The number of amides is 1. The summed E-state index contributed by atoms with van der Waals surface area (Å²) in [5.41, 5.74) is 0. The SMILES string of the molecule is C[C@H](CNC(=O)CSc1nccc2ccccc12)[S@](C)=O. The van der Waals surface area contributed by atoms with Crippen LogP contribution in [0, 0.1) is 0 Å². The highest BCUT2D eigenvalue weighted by Crippen LogP contribution is 2.25. The standard InChI is InChI=1S/C15H18N2O2S2/c1-11(21(2)19)9-17-14(18)10-20-15-13-6-4-3-5-12(13)7-8-16-15/h3-8,11H,9-10H2,1-2H3,(H,17,18)/t11-,21+/m1/s1. The molecule has 0 unspecified atom stereocenters. The van der Waals surface area contributed by atoms with E-state index in [0.717, 1.165) is 15.8 Å². The highest BCUT2D eigenvalue weighted by Gasteiger charge is 2.10. The zero-order chi connectivity index (χ0) is 15.2. The third-order valence-electron chi connectivity index (χ3n) is 3.13. The molecular formula is C15H18N2O2S2. The van der Waals surface area contributed by atoms with E-state index in [-0.39, 0.29) is 11.2 Å². The Bertz CT molecular complexity index is 656. The fourth-order valence-electron chi connectivity index (χ4n) is 1.77. The average Bonchev–Trinajstić information content (AvgIpc) is 2.50. The number of nitrogens with one attached hydrogen (secondary N) is 1. The molecule has 0 fully saturated rings. The van der Waals surface area contributed by atoms with Crippen LogP contribution in [0.3, 0.4) is 0 Å². The maximum absolute atomic E-state index is 11.8. The molecule has 2 aromatic rings. The Morgan fingerprint density at radius 1 is 1.38 bits per heavy atom. The first-order valence-electron chi connectivity index (χ1n) is 6.63. The summed E-state index contributed by atoms with van der Waals surface area (Å²) >= 11 is 1.42. The number of benzene rings is 1. The minimum Gasteiger partial charge on any atom is -0.354 e. The fraction of sp³-hybridized carbons (Fsp3) is 0.333. The highest BCUT2D eigenvalue weighted by atomic mass is 32.2. The smallest absolute Gasteiger partial charge is 0.230 e. The van der Waals surface area contributed by atoms with Gasteiger partial charge in [0.15, 0.2) is 0 Å². The molecular weight excluding hydrogens is 304 g/mol. The van der Waals surface area contributed by atoms with Crippen molar-refractivity contribution in [3.8, 4) is 0 Å². The molecule has 0 aliphatic heterocycles.